The predicted octanol–water partition coefficient (Wildman–Crippen LogP) is 7.10. The van der Waals surface area contributed by atoms with Crippen molar-refractivity contribution in [1.29, 1.82) is 0 Å². The molecule has 6 rings (SSSR count). The first-order chi connectivity index (χ1) is 22.9. The summed E-state index contributed by atoms with van der Waals surface area (Å²) < 4.78 is 14.8. The minimum atomic E-state index is -1.22. The lowest BCUT2D eigenvalue weighted by Crippen LogP contribution is -2.52. The van der Waals surface area contributed by atoms with Gasteiger partial charge < -0.3 is 19.2 Å². The van der Waals surface area contributed by atoms with Gasteiger partial charge in [0.15, 0.2) is 13.6 Å². The maximum absolute atomic E-state index is 6.39. The monoisotopic (exact) mass is 700 g/mol. The molecule has 256 valence electrons. The minimum absolute atomic E-state index is 0.393. The Labute approximate surface area is 294 Å². The third kappa shape index (κ3) is 8.81. The van der Waals surface area contributed by atoms with Crippen LogP contribution >= 0.6 is 11.8 Å². The molecule has 2 unspecified atom stereocenters. The molecule has 0 aliphatic carbocycles. The van der Waals surface area contributed by atoms with Gasteiger partial charge in [-0.15, -0.1) is 0 Å². The Balaban J connectivity index is 1.37. The van der Waals surface area contributed by atoms with Crippen molar-refractivity contribution in [2.45, 2.75) is 82.2 Å². The molecule has 2 saturated heterocycles. The summed E-state index contributed by atoms with van der Waals surface area (Å²) in [5.74, 6) is 3.76. The average molecular weight is 701 g/mol. The van der Waals surface area contributed by atoms with E-state index in [2.05, 4.69) is 99.1 Å². The first-order valence-electron chi connectivity index (χ1n) is 17.6. The summed E-state index contributed by atoms with van der Waals surface area (Å²) in [6.07, 6.45) is 6.16. The van der Waals surface area contributed by atoms with Crippen LogP contribution < -0.4 is 4.90 Å². The van der Waals surface area contributed by atoms with E-state index in [9.17, 15) is 0 Å². The Morgan fingerprint density at radius 2 is 1.50 bits per heavy atom. The van der Waals surface area contributed by atoms with Gasteiger partial charge in [-0.2, -0.15) is 21.4 Å². The Bertz CT molecular complexity index is 1610. The van der Waals surface area contributed by atoms with Gasteiger partial charge in [0.1, 0.15) is 19.3 Å². The van der Waals surface area contributed by atoms with Gasteiger partial charge in [-0.25, -0.2) is 4.98 Å². The molecule has 0 amide bonds. The molecule has 8 nitrogen and oxygen atoms in total. The molecule has 2 bridgehead atoms. The van der Waals surface area contributed by atoms with Crippen LogP contribution in [0.5, 0.6) is 0 Å². The second-order valence-electron chi connectivity index (χ2n) is 16.0. The normalized spacial score (nSPS) is 20.3. The fourth-order valence-corrected chi connectivity index (χ4v) is 9.48. The molecule has 2 aliphatic heterocycles. The summed E-state index contributed by atoms with van der Waals surface area (Å²) in [5, 5.41) is 4.96. The molecule has 0 spiro atoms. The van der Waals surface area contributed by atoms with E-state index in [0.717, 1.165) is 77.7 Å². The molecule has 0 saturated carbocycles. The van der Waals surface area contributed by atoms with E-state index in [1.807, 2.05) is 35.1 Å². The number of anilines is 1. The Kier molecular flexibility index (Phi) is 11.2. The van der Waals surface area contributed by atoms with E-state index in [4.69, 9.17) is 24.5 Å². The molecule has 3 aromatic heterocycles. The van der Waals surface area contributed by atoms with E-state index in [1.54, 1.807) is 0 Å². The van der Waals surface area contributed by atoms with Gasteiger partial charge in [0.25, 0.3) is 0 Å². The average Bonchev–Trinajstić information content (AvgIpc) is 3.47. The van der Waals surface area contributed by atoms with Gasteiger partial charge in [-0.3, -0.25) is 4.98 Å². The van der Waals surface area contributed by atoms with Crippen molar-refractivity contribution < 1.29 is 9.47 Å². The Morgan fingerprint density at radius 1 is 0.854 bits per heavy atom. The number of ether oxygens (including phenoxy) is 2. The topological polar surface area (TPSA) is 68.0 Å². The van der Waals surface area contributed by atoms with Crippen LogP contribution in [0.3, 0.4) is 0 Å². The zero-order valence-electron chi connectivity index (χ0n) is 30.0. The van der Waals surface area contributed by atoms with Gasteiger partial charge in [0.05, 0.1) is 11.9 Å². The summed E-state index contributed by atoms with van der Waals surface area (Å²) in [4.78, 5) is 15.1. The van der Waals surface area contributed by atoms with E-state index >= 15 is 0 Å². The van der Waals surface area contributed by atoms with Crippen molar-refractivity contribution in [2.75, 3.05) is 43.1 Å². The van der Waals surface area contributed by atoms with Crippen LogP contribution in [0.2, 0.25) is 51.4 Å². The summed E-state index contributed by atoms with van der Waals surface area (Å²) >= 11 is 2.11. The van der Waals surface area contributed by atoms with E-state index in [0.29, 0.717) is 31.5 Å². The number of thioether (sulfide) groups is 1. The molecule has 2 atom stereocenters. The molecule has 2 aliphatic rings. The molecule has 48 heavy (non-hydrogen) atoms. The summed E-state index contributed by atoms with van der Waals surface area (Å²) in [7, 11) is -0.133. The molecule has 12 heteroatoms. The highest BCUT2D eigenvalue weighted by Crippen LogP contribution is 2.40. The first-order valence-corrected chi connectivity index (χ1v) is 26.1. The molecular formula is C36H53BN6O2SSi2. The van der Waals surface area contributed by atoms with Crippen molar-refractivity contribution in [1.82, 2.24) is 24.4 Å². The van der Waals surface area contributed by atoms with E-state index < -0.39 is 16.1 Å². The fraction of sp³-hybridized carbons (Fsp3) is 0.528. The van der Waals surface area contributed by atoms with Crippen LogP contribution in [0.25, 0.3) is 28.0 Å². The van der Waals surface area contributed by atoms with E-state index in [1.165, 1.54) is 11.5 Å². The maximum atomic E-state index is 6.39. The first kappa shape index (κ1) is 35.3. The van der Waals surface area contributed by atoms with Crippen molar-refractivity contribution in [3.05, 3.63) is 66.6 Å². The van der Waals surface area contributed by atoms with Crippen molar-refractivity contribution in [3.8, 4) is 22.4 Å². The van der Waals surface area contributed by atoms with Crippen LogP contribution in [0.4, 0.5) is 5.82 Å². The summed E-state index contributed by atoms with van der Waals surface area (Å²) in [5.41, 5.74) is 6.09. The number of hydrogen-bond acceptors (Lipinski definition) is 8. The molecule has 5 heterocycles. The van der Waals surface area contributed by atoms with Gasteiger partial charge in [-0.05, 0) is 31.0 Å². The zero-order valence-corrected chi connectivity index (χ0v) is 32.8. The second-order valence-corrected chi connectivity index (χ2v) is 28.4. The highest BCUT2D eigenvalue weighted by Gasteiger charge is 2.37. The standard InChI is InChI=1S/C36H53BN6O2SSi2/c1-47(2,3)16-14-44-25-41(26-45-15-17-48(4,5)6)35-20-34(29-18-30-23-46-24-31(19-29)42(30)37)40-36-32(22-39-43(35)36)28-12-13-33(38-21-28)27-10-8-7-9-11-27/h7-13,20-22,29-31H,14-19,23-26,37H2,1-6H3. The molecule has 2 fully saturated rings. The quantitative estimate of drug-likeness (QED) is 0.0785. The van der Waals surface area contributed by atoms with E-state index in [-0.39, 0.29) is 0 Å². The number of nitrogens with zero attached hydrogens (tertiary/aromatic N) is 6. The highest BCUT2D eigenvalue weighted by molar-refractivity contribution is 7.99. The van der Waals surface area contributed by atoms with Gasteiger partial charge in [0, 0.05) is 93.5 Å². The number of piperidine rings is 1. The zero-order chi connectivity index (χ0) is 33.9. The number of rotatable bonds is 14. The Hall–Kier alpha value is -2.48. The van der Waals surface area contributed by atoms with Crippen LogP contribution in [-0.2, 0) is 9.47 Å². The lowest BCUT2D eigenvalue weighted by molar-refractivity contribution is 0.0942. The van der Waals surface area contributed by atoms with Crippen molar-refractivity contribution >= 4 is 47.4 Å². The summed E-state index contributed by atoms with van der Waals surface area (Å²) in [6.45, 7) is 16.8. The fourth-order valence-electron chi connectivity index (χ4n) is 6.55. The lowest BCUT2D eigenvalue weighted by Gasteiger charge is -2.47. The van der Waals surface area contributed by atoms with Crippen LogP contribution in [-0.4, -0.2) is 98.8 Å². The molecule has 0 N–H and O–H groups in total. The lowest BCUT2D eigenvalue weighted by atomic mass is 9.82. The van der Waals surface area contributed by atoms with Crippen LogP contribution in [0.1, 0.15) is 24.5 Å². The van der Waals surface area contributed by atoms with Gasteiger partial charge >= 0.3 is 0 Å². The third-order valence-electron chi connectivity index (χ3n) is 9.73. The van der Waals surface area contributed by atoms with Crippen LogP contribution in [0.15, 0.2) is 60.9 Å². The smallest absolute Gasteiger partial charge is 0.186 e. The number of aromatic nitrogens is 4. The van der Waals surface area contributed by atoms with Crippen molar-refractivity contribution in [2.24, 2.45) is 0 Å². The number of hydrogen-bond donors (Lipinski definition) is 0. The Morgan fingerprint density at radius 3 is 2.08 bits per heavy atom. The second kappa shape index (κ2) is 15.2. The highest BCUT2D eigenvalue weighted by atomic mass is 32.2. The maximum Gasteiger partial charge on any atom is 0.186 e. The van der Waals surface area contributed by atoms with Crippen molar-refractivity contribution in [3.63, 3.8) is 0 Å². The number of fused-ring (bicyclic) bond motifs is 3. The third-order valence-corrected chi connectivity index (χ3v) is 14.4. The molecule has 1 aromatic carbocycles. The van der Waals surface area contributed by atoms with Gasteiger partial charge in [0.2, 0.25) is 0 Å². The SMILES string of the molecule is BN1C2CSCC1CC(c1cc(N(COCC[Si](C)(C)C)COCC[Si](C)(C)C)n3ncc(-c4ccc(-c5ccccc5)nc4)c3n1)C2. The van der Waals surface area contributed by atoms with Crippen LogP contribution in [0, 0.1) is 0 Å². The number of pyridine rings is 1. The minimum Gasteiger partial charge on any atom is -0.361 e. The molecule has 0 radical (unpaired) electrons. The largest absolute Gasteiger partial charge is 0.361 e. The number of benzene rings is 1. The molecule has 4 aromatic rings. The molecular weight excluding hydrogens is 647 g/mol. The summed E-state index contributed by atoms with van der Waals surface area (Å²) in [6, 6.07) is 20.3. The predicted molar refractivity (Wildman–Crippen MR) is 209 cm³/mol. The van der Waals surface area contributed by atoms with Gasteiger partial charge in [-0.1, -0.05) is 75.7 Å².